The SMILES string of the molecule is COc1ccc(CCC(=O)N[C@H]2CCCC[C@@H]2O)cc1Cl. The van der Waals surface area contributed by atoms with Crippen LogP contribution < -0.4 is 10.1 Å². The van der Waals surface area contributed by atoms with Gasteiger partial charge >= 0.3 is 0 Å². The maximum absolute atomic E-state index is 12.0. The predicted molar refractivity (Wildman–Crippen MR) is 82.7 cm³/mol. The van der Waals surface area contributed by atoms with E-state index in [2.05, 4.69) is 5.32 Å². The van der Waals surface area contributed by atoms with Gasteiger partial charge in [0.05, 0.1) is 24.3 Å². The Labute approximate surface area is 130 Å². The van der Waals surface area contributed by atoms with Crippen LogP contribution in [0, 0.1) is 0 Å². The lowest BCUT2D eigenvalue weighted by Crippen LogP contribution is -2.45. The fourth-order valence-electron chi connectivity index (χ4n) is 2.68. The van der Waals surface area contributed by atoms with Gasteiger partial charge in [0, 0.05) is 6.42 Å². The largest absolute Gasteiger partial charge is 0.495 e. The highest BCUT2D eigenvalue weighted by atomic mass is 35.5. The van der Waals surface area contributed by atoms with Crippen LogP contribution in [0.1, 0.15) is 37.7 Å². The molecule has 4 nitrogen and oxygen atoms in total. The van der Waals surface area contributed by atoms with Crippen molar-refractivity contribution in [2.75, 3.05) is 7.11 Å². The molecule has 2 N–H and O–H groups in total. The minimum Gasteiger partial charge on any atom is -0.495 e. The second-order valence-electron chi connectivity index (χ2n) is 5.49. The topological polar surface area (TPSA) is 58.6 Å². The average molecular weight is 312 g/mol. The summed E-state index contributed by atoms with van der Waals surface area (Å²) in [5.41, 5.74) is 1.00. The number of hydrogen-bond acceptors (Lipinski definition) is 3. The van der Waals surface area contributed by atoms with Gasteiger partial charge in [0.15, 0.2) is 0 Å². The Bertz CT molecular complexity index is 492. The minimum absolute atomic E-state index is 0.0205. The highest BCUT2D eigenvalue weighted by molar-refractivity contribution is 6.32. The number of rotatable bonds is 5. The number of halogens is 1. The average Bonchev–Trinajstić information content (AvgIpc) is 2.48. The van der Waals surface area contributed by atoms with Crippen molar-refractivity contribution < 1.29 is 14.6 Å². The number of carbonyl (C=O) groups excluding carboxylic acids is 1. The normalized spacial score (nSPS) is 21.9. The molecule has 0 aliphatic heterocycles. The van der Waals surface area contributed by atoms with Gasteiger partial charge in [-0.15, -0.1) is 0 Å². The zero-order valence-corrected chi connectivity index (χ0v) is 13.0. The van der Waals surface area contributed by atoms with E-state index in [1.165, 1.54) is 0 Å². The summed E-state index contributed by atoms with van der Waals surface area (Å²) in [5, 5.41) is 13.3. The summed E-state index contributed by atoms with van der Waals surface area (Å²) in [7, 11) is 1.57. The number of benzene rings is 1. The molecule has 0 spiro atoms. The molecule has 5 heteroatoms. The van der Waals surface area contributed by atoms with E-state index < -0.39 is 6.10 Å². The molecular weight excluding hydrogens is 290 g/mol. The third-order valence-electron chi connectivity index (χ3n) is 3.93. The summed E-state index contributed by atoms with van der Waals surface area (Å²) in [6.45, 7) is 0. The monoisotopic (exact) mass is 311 g/mol. The molecule has 1 aliphatic rings. The molecule has 0 unspecified atom stereocenters. The molecule has 116 valence electrons. The Morgan fingerprint density at radius 2 is 2.19 bits per heavy atom. The first-order chi connectivity index (χ1) is 10.1. The molecular formula is C16H22ClNO3. The van der Waals surface area contributed by atoms with E-state index in [-0.39, 0.29) is 11.9 Å². The van der Waals surface area contributed by atoms with Crippen LogP contribution in [0.4, 0.5) is 0 Å². The van der Waals surface area contributed by atoms with E-state index >= 15 is 0 Å². The van der Waals surface area contributed by atoms with Gasteiger partial charge in [0.25, 0.3) is 0 Å². The summed E-state index contributed by atoms with van der Waals surface area (Å²) in [5.74, 6) is 0.614. The van der Waals surface area contributed by atoms with E-state index in [9.17, 15) is 9.90 Å². The third kappa shape index (κ3) is 4.61. The standard InChI is InChI=1S/C16H22ClNO3/c1-21-15-8-6-11(10-12(15)17)7-9-16(20)18-13-4-2-3-5-14(13)19/h6,8,10,13-14,19H,2-5,7,9H2,1H3,(H,18,20)/t13-,14-/m0/s1. The van der Waals surface area contributed by atoms with Crippen LogP contribution in [-0.4, -0.2) is 30.3 Å². The Kier molecular flexibility index (Phi) is 5.88. The molecule has 1 aliphatic carbocycles. The van der Waals surface area contributed by atoms with Crippen molar-refractivity contribution in [3.8, 4) is 5.75 Å². The van der Waals surface area contributed by atoms with Crippen LogP contribution in [0.3, 0.4) is 0 Å². The van der Waals surface area contributed by atoms with Crippen LogP contribution in [0.5, 0.6) is 5.75 Å². The van der Waals surface area contributed by atoms with Crippen LogP contribution in [0.2, 0.25) is 5.02 Å². The highest BCUT2D eigenvalue weighted by Gasteiger charge is 2.24. The lowest BCUT2D eigenvalue weighted by Gasteiger charge is -2.28. The van der Waals surface area contributed by atoms with Gasteiger partial charge in [-0.2, -0.15) is 0 Å². The van der Waals surface area contributed by atoms with Crippen molar-refractivity contribution in [2.45, 2.75) is 50.7 Å². The van der Waals surface area contributed by atoms with Gasteiger partial charge < -0.3 is 15.2 Å². The maximum atomic E-state index is 12.0. The molecule has 1 aromatic rings. The zero-order valence-electron chi connectivity index (χ0n) is 12.3. The summed E-state index contributed by atoms with van der Waals surface area (Å²) >= 11 is 6.06. The number of nitrogens with one attached hydrogen (secondary N) is 1. The molecule has 21 heavy (non-hydrogen) atoms. The van der Waals surface area contributed by atoms with E-state index in [0.717, 1.165) is 31.2 Å². The molecule has 2 atom stereocenters. The van der Waals surface area contributed by atoms with Crippen molar-refractivity contribution in [3.05, 3.63) is 28.8 Å². The smallest absolute Gasteiger partial charge is 0.220 e. The van der Waals surface area contributed by atoms with Crippen molar-refractivity contribution in [1.29, 1.82) is 0 Å². The number of ether oxygens (including phenoxy) is 1. The van der Waals surface area contributed by atoms with Crippen molar-refractivity contribution >= 4 is 17.5 Å². The van der Waals surface area contributed by atoms with Crippen LogP contribution in [-0.2, 0) is 11.2 Å². The van der Waals surface area contributed by atoms with E-state index in [1.54, 1.807) is 13.2 Å². The molecule has 0 saturated heterocycles. The fourth-order valence-corrected chi connectivity index (χ4v) is 2.96. The maximum Gasteiger partial charge on any atom is 0.220 e. The van der Waals surface area contributed by atoms with E-state index in [0.29, 0.717) is 23.6 Å². The number of carbonyl (C=O) groups is 1. The Morgan fingerprint density at radius 3 is 2.86 bits per heavy atom. The number of aliphatic hydroxyl groups excluding tert-OH is 1. The van der Waals surface area contributed by atoms with Gasteiger partial charge in [-0.3, -0.25) is 4.79 Å². The van der Waals surface area contributed by atoms with Gasteiger partial charge in [0.1, 0.15) is 5.75 Å². The summed E-state index contributed by atoms with van der Waals surface area (Å²) in [6, 6.07) is 5.45. The van der Waals surface area contributed by atoms with Crippen molar-refractivity contribution in [1.82, 2.24) is 5.32 Å². The molecule has 1 aromatic carbocycles. The van der Waals surface area contributed by atoms with Crippen LogP contribution >= 0.6 is 11.6 Å². The summed E-state index contributed by atoms with van der Waals surface area (Å²) < 4.78 is 5.10. The molecule has 0 bridgehead atoms. The minimum atomic E-state index is -0.405. The molecule has 1 fully saturated rings. The highest BCUT2D eigenvalue weighted by Crippen LogP contribution is 2.25. The van der Waals surface area contributed by atoms with Crippen LogP contribution in [0.25, 0.3) is 0 Å². The zero-order chi connectivity index (χ0) is 15.2. The fraction of sp³-hybridized carbons (Fsp3) is 0.562. The van der Waals surface area contributed by atoms with Crippen molar-refractivity contribution in [3.63, 3.8) is 0 Å². The number of aryl methyl sites for hydroxylation is 1. The molecule has 1 saturated carbocycles. The summed E-state index contributed by atoms with van der Waals surface area (Å²) in [6.07, 6.45) is 4.36. The van der Waals surface area contributed by atoms with E-state index in [1.807, 2.05) is 12.1 Å². The molecule has 0 aromatic heterocycles. The Balaban J connectivity index is 1.82. The second-order valence-corrected chi connectivity index (χ2v) is 5.90. The second kappa shape index (κ2) is 7.66. The Hall–Kier alpha value is -1.26. The molecule has 0 heterocycles. The number of methoxy groups -OCH3 is 1. The third-order valence-corrected chi connectivity index (χ3v) is 4.23. The first kappa shape index (κ1) is 16.1. The lowest BCUT2D eigenvalue weighted by atomic mass is 9.92. The lowest BCUT2D eigenvalue weighted by molar-refractivity contribution is -0.123. The number of aliphatic hydroxyl groups is 1. The van der Waals surface area contributed by atoms with Crippen molar-refractivity contribution in [2.24, 2.45) is 0 Å². The van der Waals surface area contributed by atoms with Gasteiger partial charge in [0.2, 0.25) is 5.91 Å². The van der Waals surface area contributed by atoms with Gasteiger partial charge in [-0.05, 0) is 37.0 Å². The summed E-state index contributed by atoms with van der Waals surface area (Å²) in [4.78, 5) is 12.0. The van der Waals surface area contributed by atoms with Gasteiger partial charge in [-0.1, -0.05) is 30.5 Å². The molecule has 1 amide bonds. The van der Waals surface area contributed by atoms with Crippen LogP contribution in [0.15, 0.2) is 18.2 Å². The molecule has 2 rings (SSSR count). The quantitative estimate of drug-likeness (QED) is 0.879. The first-order valence-corrected chi connectivity index (χ1v) is 7.78. The number of hydrogen-bond donors (Lipinski definition) is 2. The predicted octanol–water partition coefficient (Wildman–Crippen LogP) is 2.70. The molecule has 0 radical (unpaired) electrons. The van der Waals surface area contributed by atoms with E-state index in [4.69, 9.17) is 16.3 Å². The first-order valence-electron chi connectivity index (χ1n) is 7.40. The Morgan fingerprint density at radius 1 is 1.43 bits per heavy atom. The van der Waals surface area contributed by atoms with Gasteiger partial charge in [-0.25, -0.2) is 0 Å². The number of amides is 1.